The molecule has 0 spiro atoms. The second kappa shape index (κ2) is 7.17. The molecule has 0 saturated carbocycles. The van der Waals surface area contributed by atoms with Gasteiger partial charge in [-0.05, 0) is 44.9 Å². The summed E-state index contributed by atoms with van der Waals surface area (Å²) in [6, 6.07) is 6.01. The Morgan fingerprint density at radius 2 is 1.86 bits per heavy atom. The Hall–Kier alpha value is -1.22. The lowest BCUT2D eigenvalue weighted by Gasteiger charge is -2.15. The van der Waals surface area contributed by atoms with Gasteiger partial charge in [-0.15, -0.1) is 0 Å². The van der Waals surface area contributed by atoms with Crippen LogP contribution in [0.1, 0.15) is 38.7 Å². The standard InChI is InChI=1S/C15H18BrF3N2/c1-14(2,10-20)5-3-4-6-21-13-8-11(15(17,18)19)7-12(16)9-13/h7-9,21H,3-6H2,1-2H3. The summed E-state index contributed by atoms with van der Waals surface area (Å²) in [5, 5.41) is 11.9. The minimum Gasteiger partial charge on any atom is -0.385 e. The van der Waals surface area contributed by atoms with E-state index in [1.807, 2.05) is 13.8 Å². The zero-order chi connectivity index (χ0) is 16.1. The molecule has 1 N–H and O–H groups in total. The fourth-order valence-electron chi connectivity index (χ4n) is 1.84. The van der Waals surface area contributed by atoms with Gasteiger partial charge in [-0.3, -0.25) is 0 Å². The number of alkyl halides is 3. The van der Waals surface area contributed by atoms with Gasteiger partial charge in [-0.2, -0.15) is 18.4 Å². The van der Waals surface area contributed by atoms with Gasteiger partial charge in [-0.25, -0.2) is 0 Å². The molecule has 0 aliphatic carbocycles. The quantitative estimate of drug-likeness (QED) is 0.668. The molecule has 1 aromatic carbocycles. The summed E-state index contributed by atoms with van der Waals surface area (Å²) in [5.41, 5.74) is -0.583. The van der Waals surface area contributed by atoms with Gasteiger partial charge < -0.3 is 5.32 Å². The molecule has 0 unspecified atom stereocenters. The highest BCUT2D eigenvalue weighted by molar-refractivity contribution is 9.10. The molecule has 0 fully saturated rings. The number of nitrogens with one attached hydrogen (secondary N) is 1. The van der Waals surface area contributed by atoms with E-state index in [-0.39, 0.29) is 5.41 Å². The molecule has 0 aliphatic heterocycles. The second-order valence-electron chi connectivity index (χ2n) is 5.61. The second-order valence-corrected chi connectivity index (χ2v) is 6.52. The Kier molecular flexibility index (Phi) is 6.09. The first-order valence-corrected chi connectivity index (χ1v) is 7.46. The largest absolute Gasteiger partial charge is 0.416 e. The van der Waals surface area contributed by atoms with Crippen LogP contribution in [0.2, 0.25) is 0 Å². The van der Waals surface area contributed by atoms with Crippen LogP contribution in [0.25, 0.3) is 0 Å². The molecular formula is C15H18BrF3N2. The minimum absolute atomic E-state index is 0.348. The summed E-state index contributed by atoms with van der Waals surface area (Å²) in [7, 11) is 0. The van der Waals surface area contributed by atoms with Crippen molar-refractivity contribution >= 4 is 21.6 Å². The molecule has 0 atom stereocenters. The van der Waals surface area contributed by atoms with E-state index >= 15 is 0 Å². The maximum atomic E-state index is 12.7. The third-order valence-corrected chi connectivity index (χ3v) is 3.54. The Balaban J connectivity index is 2.50. The van der Waals surface area contributed by atoms with Crippen LogP contribution in [0.15, 0.2) is 22.7 Å². The molecule has 0 aliphatic rings. The third-order valence-electron chi connectivity index (χ3n) is 3.09. The van der Waals surface area contributed by atoms with E-state index in [9.17, 15) is 13.2 Å². The molecule has 0 saturated heterocycles. The van der Waals surface area contributed by atoms with Gasteiger partial charge >= 0.3 is 6.18 Å². The fraction of sp³-hybridized carbons (Fsp3) is 0.533. The van der Waals surface area contributed by atoms with E-state index in [2.05, 4.69) is 27.3 Å². The molecule has 1 rings (SSSR count). The molecule has 6 heteroatoms. The monoisotopic (exact) mass is 362 g/mol. The SMILES string of the molecule is CC(C)(C#N)CCCCNc1cc(Br)cc(C(F)(F)F)c1. The number of benzene rings is 1. The summed E-state index contributed by atoms with van der Waals surface area (Å²) in [4.78, 5) is 0. The van der Waals surface area contributed by atoms with Crippen molar-refractivity contribution in [1.29, 1.82) is 5.26 Å². The third kappa shape index (κ3) is 6.38. The zero-order valence-electron chi connectivity index (χ0n) is 12.0. The van der Waals surface area contributed by atoms with E-state index in [0.29, 0.717) is 16.7 Å². The minimum atomic E-state index is -4.35. The first-order chi connectivity index (χ1) is 9.64. The lowest BCUT2D eigenvalue weighted by Crippen LogP contribution is -2.10. The van der Waals surface area contributed by atoms with E-state index in [1.165, 1.54) is 0 Å². The van der Waals surface area contributed by atoms with Gasteiger partial charge in [0.15, 0.2) is 0 Å². The van der Waals surface area contributed by atoms with Gasteiger partial charge in [0.25, 0.3) is 0 Å². The summed E-state index contributed by atoms with van der Waals surface area (Å²) < 4.78 is 38.4. The van der Waals surface area contributed by atoms with Crippen molar-refractivity contribution in [2.24, 2.45) is 5.41 Å². The van der Waals surface area contributed by atoms with Crippen molar-refractivity contribution in [2.45, 2.75) is 39.3 Å². The topological polar surface area (TPSA) is 35.8 Å². The van der Waals surface area contributed by atoms with Gasteiger partial charge in [-0.1, -0.05) is 22.4 Å². The molecule has 116 valence electrons. The smallest absolute Gasteiger partial charge is 0.385 e. The summed E-state index contributed by atoms with van der Waals surface area (Å²) in [6.07, 6.45) is -1.92. The van der Waals surface area contributed by atoms with Crippen LogP contribution >= 0.6 is 15.9 Å². The van der Waals surface area contributed by atoms with Gasteiger partial charge in [0, 0.05) is 16.7 Å². The lowest BCUT2D eigenvalue weighted by molar-refractivity contribution is -0.137. The Bertz CT molecular complexity index is 519. The normalized spacial score (nSPS) is 12.0. The van der Waals surface area contributed by atoms with E-state index in [0.717, 1.165) is 31.4 Å². The zero-order valence-corrected chi connectivity index (χ0v) is 13.6. The summed E-state index contributed by atoms with van der Waals surface area (Å²) in [6.45, 7) is 4.34. The molecule has 0 bridgehead atoms. The highest BCUT2D eigenvalue weighted by Gasteiger charge is 2.31. The average molecular weight is 363 g/mol. The molecule has 0 amide bonds. The first kappa shape index (κ1) is 17.8. The number of hydrogen-bond acceptors (Lipinski definition) is 2. The maximum Gasteiger partial charge on any atom is 0.416 e. The molecule has 21 heavy (non-hydrogen) atoms. The van der Waals surface area contributed by atoms with Crippen molar-refractivity contribution in [3.63, 3.8) is 0 Å². The van der Waals surface area contributed by atoms with Crippen LogP contribution in [0.5, 0.6) is 0 Å². The van der Waals surface area contributed by atoms with Crippen LogP contribution in [0.3, 0.4) is 0 Å². The number of halogens is 4. The maximum absolute atomic E-state index is 12.7. The van der Waals surface area contributed by atoms with Gasteiger partial charge in [0.1, 0.15) is 0 Å². The van der Waals surface area contributed by atoms with Crippen molar-refractivity contribution in [3.05, 3.63) is 28.2 Å². The Morgan fingerprint density at radius 1 is 1.19 bits per heavy atom. The van der Waals surface area contributed by atoms with Crippen molar-refractivity contribution in [3.8, 4) is 6.07 Å². The van der Waals surface area contributed by atoms with Crippen molar-refractivity contribution < 1.29 is 13.2 Å². The molecule has 0 heterocycles. The number of nitrogens with zero attached hydrogens (tertiary/aromatic N) is 1. The molecular weight excluding hydrogens is 345 g/mol. The summed E-state index contributed by atoms with van der Waals surface area (Å²) in [5.74, 6) is 0. The molecule has 0 aromatic heterocycles. The summed E-state index contributed by atoms with van der Waals surface area (Å²) >= 11 is 3.09. The van der Waals surface area contributed by atoms with Crippen LogP contribution < -0.4 is 5.32 Å². The van der Waals surface area contributed by atoms with E-state index < -0.39 is 11.7 Å². The van der Waals surface area contributed by atoms with Gasteiger partial charge in [0.2, 0.25) is 0 Å². The van der Waals surface area contributed by atoms with E-state index in [4.69, 9.17) is 5.26 Å². The Labute approximate surface area is 131 Å². The number of rotatable bonds is 6. The molecule has 1 aromatic rings. The predicted molar refractivity (Wildman–Crippen MR) is 80.9 cm³/mol. The first-order valence-electron chi connectivity index (χ1n) is 6.67. The molecule has 2 nitrogen and oxygen atoms in total. The fourth-order valence-corrected chi connectivity index (χ4v) is 2.33. The lowest BCUT2D eigenvalue weighted by atomic mass is 9.89. The van der Waals surface area contributed by atoms with E-state index in [1.54, 1.807) is 6.07 Å². The van der Waals surface area contributed by atoms with Crippen LogP contribution in [0, 0.1) is 16.7 Å². The van der Waals surface area contributed by atoms with Crippen molar-refractivity contribution in [2.75, 3.05) is 11.9 Å². The van der Waals surface area contributed by atoms with Crippen LogP contribution in [0.4, 0.5) is 18.9 Å². The number of unbranched alkanes of at least 4 members (excludes halogenated alkanes) is 1. The predicted octanol–water partition coefficient (Wildman–Crippen LogP) is 5.60. The highest BCUT2D eigenvalue weighted by Crippen LogP contribution is 2.33. The van der Waals surface area contributed by atoms with Crippen LogP contribution in [-0.4, -0.2) is 6.54 Å². The number of nitriles is 1. The van der Waals surface area contributed by atoms with Crippen LogP contribution in [-0.2, 0) is 6.18 Å². The molecule has 0 radical (unpaired) electrons. The number of anilines is 1. The van der Waals surface area contributed by atoms with Crippen molar-refractivity contribution in [1.82, 2.24) is 0 Å². The Morgan fingerprint density at radius 3 is 2.43 bits per heavy atom. The highest BCUT2D eigenvalue weighted by atomic mass is 79.9. The number of hydrogen-bond donors (Lipinski definition) is 1. The van der Waals surface area contributed by atoms with Gasteiger partial charge in [0.05, 0.1) is 17.0 Å². The average Bonchev–Trinajstić information content (AvgIpc) is 2.36.